The number of fused-ring (bicyclic) bond motifs is 2. The maximum absolute atomic E-state index is 15.7. The molecule has 6 aromatic rings. The summed E-state index contributed by atoms with van der Waals surface area (Å²) in [5, 5.41) is 13.7. The molecular formula is C68H90F2N10O22P2. The lowest BCUT2D eigenvalue weighted by atomic mass is 9.95. The van der Waals surface area contributed by atoms with Crippen LogP contribution in [0.5, 0.6) is 11.5 Å². The molecule has 4 aliphatic rings. The molecule has 4 aromatic heterocycles. The number of nitrogens with zero attached hydrogens (tertiary/aromatic N) is 6. The second-order valence-corrected chi connectivity index (χ2v) is 29.9. The molecule has 0 amide bonds. The van der Waals surface area contributed by atoms with Gasteiger partial charge in [0, 0.05) is 25.7 Å². The van der Waals surface area contributed by atoms with Gasteiger partial charge in [0.25, 0.3) is 0 Å². The van der Waals surface area contributed by atoms with Gasteiger partial charge in [0.05, 0.1) is 74.7 Å². The van der Waals surface area contributed by atoms with Crippen molar-refractivity contribution in [2.75, 3.05) is 64.5 Å². The van der Waals surface area contributed by atoms with E-state index < -0.39 is 174 Å². The van der Waals surface area contributed by atoms with Crippen LogP contribution in [-0.4, -0.2) is 178 Å². The number of alkyl halides is 2. The van der Waals surface area contributed by atoms with E-state index in [0.717, 1.165) is 0 Å². The van der Waals surface area contributed by atoms with E-state index in [2.05, 4.69) is 30.3 Å². The molecule has 36 heteroatoms. The largest absolute Gasteiger partial charge is 0.461 e. The molecule has 4 aliphatic heterocycles. The number of halogens is 2. The van der Waals surface area contributed by atoms with E-state index in [4.69, 9.17) is 76.9 Å². The molecule has 0 aliphatic carbocycles. The van der Waals surface area contributed by atoms with E-state index in [1.54, 1.807) is 116 Å². The lowest BCUT2D eigenvalue weighted by molar-refractivity contribution is -0.178. The number of nitrogen functional groups attached to an aromatic ring is 2. The standard InChI is InChI=1S/2C34H45FN5O11P/c2*1-20(2)31(41)48-28-27(25-11-12-26-30(36)37-19-38-40(25)26)50-34(17-35,29(28)49-32(42)21(3)4)18-46-52(44,51-24-9-7-6-8-10-24)39-22(5)33(43)47-23-13-15-45-16-14-23/h2*6-12,19-23,27-29H,13-18H2,1-5H3,(H,39,44)(H2,36,37,38)/t22-,27-,28-,29-,34+,52+;22-,27-,28-,29-,34+,52-/m00/s1. The third-order valence-electron chi connectivity index (χ3n) is 17.1. The van der Waals surface area contributed by atoms with Crippen molar-refractivity contribution in [3.05, 3.63) is 109 Å². The zero-order valence-electron chi connectivity index (χ0n) is 59.3. The maximum atomic E-state index is 15.7. The summed E-state index contributed by atoms with van der Waals surface area (Å²) in [5.74, 6) is -6.50. The minimum absolute atomic E-state index is 0.103. The van der Waals surface area contributed by atoms with Gasteiger partial charge in [-0.2, -0.15) is 20.4 Å². The number of ether oxygens (including phenoxy) is 10. The van der Waals surface area contributed by atoms with Crippen LogP contribution in [0, 0.1) is 23.7 Å². The highest BCUT2D eigenvalue weighted by Gasteiger charge is 2.64. The summed E-state index contributed by atoms with van der Waals surface area (Å²) in [5.41, 5.74) is 8.95. The number of hydrogen-bond acceptors (Lipinski definition) is 28. The number of carbonyl (C=O) groups is 6. The zero-order chi connectivity index (χ0) is 75.3. The number of esters is 6. The van der Waals surface area contributed by atoms with Crippen LogP contribution >= 0.6 is 15.5 Å². The van der Waals surface area contributed by atoms with Crippen molar-refractivity contribution >= 4 is 74.0 Å². The van der Waals surface area contributed by atoms with Crippen molar-refractivity contribution in [3.63, 3.8) is 0 Å². The summed E-state index contributed by atoms with van der Waals surface area (Å²) in [4.78, 5) is 86.8. The van der Waals surface area contributed by atoms with Crippen molar-refractivity contribution in [3.8, 4) is 11.5 Å². The molecule has 10 rings (SSSR count). The normalized spacial score (nSPS) is 24.0. The first-order chi connectivity index (χ1) is 49.5. The molecular weight excluding hydrogens is 1410 g/mol. The fourth-order valence-electron chi connectivity index (χ4n) is 11.2. The van der Waals surface area contributed by atoms with Crippen LogP contribution in [0.1, 0.15) is 119 Å². The summed E-state index contributed by atoms with van der Waals surface area (Å²) in [6, 6.07) is 19.9. The van der Waals surface area contributed by atoms with Crippen LogP contribution in [0.4, 0.5) is 20.4 Å². The number of para-hydroxylation sites is 2. The molecule has 0 bridgehead atoms. The van der Waals surface area contributed by atoms with Crippen molar-refractivity contribution in [2.45, 2.75) is 167 Å². The molecule has 104 heavy (non-hydrogen) atoms. The Morgan fingerprint density at radius 3 is 1.16 bits per heavy atom. The number of hydrogen-bond donors (Lipinski definition) is 4. The van der Waals surface area contributed by atoms with Crippen LogP contribution < -0.4 is 30.7 Å². The van der Waals surface area contributed by atoms with E-state index in [1.165, 1.54) is 59.8 Å². The number of benzene rings is 2. The fraction of sp³-hybridized carbons (Fsp3) is 0.559. The van der Waals surface area contributed by atoms with Gasteiger partial charge in [0.1, 0.15) is 85.0 Å². The number of carbonyl (C=O) groups excluding carboxylic acids is 6. The van der Waals surface area contributed by atoms with Crippen LogP contribution in [0.2, 0.25) is 0 Å². The third-order valence-corrected chi connectivity index (χ3v) is 20.3. The van der Waals surface area contributed by atoms with E-state index >= 15 is 8.78 Å². The number of nitrogens with two attached hydrogens (primary N) is 2. The van der Waals surface area contributed by atoms with Gasteiger partial charge < -0.3 is 67.9 Å². The molecule has 32 nitrogen and oxygen atoms in total. The Balaban J connectivity index is 0.000000241. The highest BCUT2D eigenvalue weighted by molar-refractivity contribution is 7.52. The SMILES string of the molecule is CC(C)C(=O)O[C@H]1[C@H](c2ccc3c(N)ncnn23)O[C@](CF)(CO[P@@](=O)(N[C@@H](C)C(=O)OC2CCOCC2)Oc2ccccc2)[C@H]1OC(=O)C(C)C.CC(C)C(=O)O[C@H]1[C@H](c2ccc3c(N)ncnn23)O[C@](CF)(CO[P@](=O)(N[C@@H](C)C(=O)OC2CCOCC2)Oc2ccccc2)[C@H]1OC(=O)C(C)C. The van der Waals surface area contributed by atoms with Gasteiger partial charge in [-0.05, 0) is 62.4 Å². The average molecular weight is 1500 g/mol. The predicted molar refractivity (Wildman–Crippen MR) is 365 cm³/mol. The van der Waals surface area contributed by atoms with Crippen molar-refractivity contribution in [2.24, 2.45) is 23.7 Å². The molecule has 568 valence electrons. The van der Waals surface area contributed by atoms with E-state index in [1.807, 2.05) is 0 Å². The Hall–Kier alpha value is -8.30. The van der Waals surface area contributed by atoms with Gasteiger partial charge in [-0.15, -0.1) is 0 Å². The van der Waals surface area contributed by atoms with Crippen LogP contribution in [0.15, 0.2) is 97.6 Å². The fourth-order valence-corrected chi connectivity index (χ4v) is 14.3. The smallest absolute Gasteiger partial charge is 0.459 e. The van der Waals surface area contributed by atoms with Gasteiger partial charge in [-0.25, -0.2) is 36.9 Å². The topological polar surface area (TPSA) is 402 Å². The van der Waals surface area contributed by atoms with Gasteiger partial charge in [-0.3, -0.25) is 37.8 Å². The molecule has 0 unspecified atom stereocenters. The molecule has 4 fully saturated rings. The summed E-state index contributed by atoms with van der Waals surface area (Å²) in [6.07, 6.45) is -5.15. The summed E-state index contributed by atoms with van der Waals surface area (Å²) < 4.78 is 145. The molecule has 0 spiro atoms. The Labute approximate surface area is 598 Å². The summed E-state index contributed by atoms with van der Waals surface area (Å²) >= 11 is 0. The number of nitrogens with one attached hydrogen (secondary N) is 2. The molecule has 2 aromatic carbocycles. The van der Waals surface area contributed by atoms with E-state index in [-0.39, 0.29) is 34.5 Å². The molecule has 12 atom stereocenters. The van der Waals surface area contributed by atoms with Crippen LogP contribution in [0.3, 0.4) is 0 Å². The first-order valence-electron chi connectivity index (χ1n) is 34.1. The first-order valence-corrected chi connectivity index (χ1v) is 37.2. The number of anilines is 2. The first kappa shape index (κ1) is 79.8. The van der Waals surface area contributed by atoms with Crippen molar-refractivity contribution in [1.29, 1.82) is 0 Å². The molecule has 6 N–H and O–H groups in total. The van der Waals surface area contributed by atoms with Crippen LogP contribution in [0.25, 0.3) is 11.0 Å². The van der Waals surface area contributed by atoms with Gasteiger partial charge in [-0.1, -0.05) is 91.8 Å². The van der Waals surface area contributed by atoms with Crippen molar-refractivity contribution in [1.82, 2.24) is 39.4 Å². The Kier molecular flexibility index (Phi) is 27.0. The Morgan fingerprint density at radius 2 is 0.837 bits per heavy atom. The van der Waals surface area contributed by atoms with Crippen molar-refractivity contribution < 1.29 is 112 Å². The third kappa shape index (κ3) is 19.4. The van der Waals surface area contributed by atoms with Gasteiger partial charge in [0.2, 0.25) is 0 Å². The molecule has 8 heterocycles. The quantitative estimate of drug-likeness (QED) is 0.0187. The van der Waals surface area contributed by atoms with E-state index in [0.29, 0.717) is 63.1 Å². The zero-order valence-corrected chi connectivity index (χ0v) is 61.1. The lowest BCUT2D eigenvalue weighted by Gasteiger charge is -2.34. The lowest BCUT2D eigenvalue weighted by Crippen LogP contribution is -2.52. The Morgan fingerprint density at radius 1 is 0.500 bits per heavy atom. The van der Waals surface area contributed by atoms with Gasteiger partial charge in [0.15, 0.2) is 47.3 Å². The van der Waals surface area contributed by atoms with Crippen LogP contribution in [-0.2, 0) is 94.3 Å². The Bertz CT molecular complexity index is 3760. The number of rotatable bonds is 30. The van der Waals surface area contributed by atoms with Gasteiger partial charge >= 0.3 is 51.3 Å². The number of aromatic nitrogens is 6. The highest BCUT2D eigenvalue weighted by atomic mass is 31.2. The predicted octanol–water partition coefficient (Wildman–Crippen LogP) is 8.26. The highest BCUT2D eigenvalue weighted by Crippen LogP contribution is 2.53. The second kappa shape index (κ2) is 35.2. The maximum Gasteiger partial charge on any atom is 0.459 e. The summed E-state index contributed by atoms with van der Waals surface area (Å²) in [6.45, 7) is 12.8. The second-order valence-electron chi connectivity index (χ2n) is 26.6. The molecule has 4 saturated heterocycles. The monoisotopic (exact) mass is 1500 g/mol. The van der Waals surface area contributed by atoms with E-state index in [9.17, 15) is 37.9 Å². The molecule has 0 saturated carbocycles. The minimum Gasteiger partial charge on any atom is -0.461 e. The molecule has 0 radical (unpaired) electrons. The summed E-state index contributed by atoms with van der Waals surface area (Å²) in [7, 11) is -9.19. The minimum atomic E-state index is -4.59. The average Bonchev–Trinajstić information content (AvgIpc) is 1.59.